The van der Waals surface area contributed by atoms with E-state index < -0.39 is 0 Å². The normalized spacial score (nSPS) is 21.2. The first-order valence-corrected chi connectivity index (χ1v) is 7.36. The largest absolute Gasteiger partial charge is 0.314 e. The third kappa shape index (κ3) is 3.67. The molecule has 1 aromatic rings. The highest BCUT2D eigenvalue weighted by Crippen LogP contribution is 2.42. The number of hydrogen-bond acceptors (Lipinski definition) is 2. The maximum atomic E-state index is 3.47. The van der Waals surface area contributed by atoms with Crippen molar-refractivity contribution in [2.75, 3.05) is 26.2 Å². The molecule has 4 heteroatoms. The van der Waals surface area contributed by atoms with E-state index in [1.165, 1.54) is 37.9 Å². The van der Waals surface area contributed by atoms with Crippen LogP contribution >= 0.6 is 24.8 Å². The Morgan fingerprint density at radius 2 is 1.75 bits per heavy atom. The highest BCUT2D eigenvalue weighted by Gasteiger charge is 2.33. The summed E-state index contributed by atoms with van der Waals surface area (Å²) in [5.74, 6) is 0.893. The molecule has 1 aromatic carbocycles. The van der Waals surface area contributed by atoms with Crippen molar-refractivity contribution in [1.29, 1.82) is 0 Å². The molecule has 1 aliphatic heterocycles. The molecular weight excluding hydrogens is 291 g/mol. The van der Waals surface area contributed by atoms with Gasteiger partial charge in [0.05, 0.1) is 0 Å². The van der Waals surface area contributed by atoms with Crippen LogP contribution in [0.2, 0.25) is 0 Å². The number of piperazine rings is 1. The third-order valence-electron chi connectivity index (χ3n) is 4.65. The lowest BCUT2D eigenvalue weighted by Crippen LogP contribution is -2.48. The van der Waals surface area contributed by atoms with E-state index in [2.05, 4.69) is 41.4 Å². The molecule has 0 bridgehead atoms. The van der Waals surface area contributed by atoms with Crippen molar-refractivity contribution in [1.82, 2.24) is 10.2 Å². The molecule has 1 saturated heterocycles. The van der Waals surface area contributed by atoms with Gasteiger partial charge in [-0.15, -0.1) is 24.8 Å². The SMILES string of the molecule is Cc1ccccc1[C@H](C1CCC1)N1CCNCC1.Cl.Cl. The molecular formula is C16H26Cl2N2. The van der Waals surface area contributed by atoms with Crippen molar-refractivity contribution in [2.24, 2.45) is 5.92 Å². The molecule has 0 unspecified atom stereocenters. The van der Waals surface area contributed by atoms with E-state index >= 15 is 0 Å². The molecule has 2 fully saturated rings. The summed E-state index contributed by atoms with van der Waals surface area (Å²) in [5, 5.41) is 3.47. The van der Waals surface area contributed by atoms with Crippen molar-refractivity contribution in [3.05, 3.63) is 35.4 Å². The van der Waals surface area contributed by atoms with E-state index in [1.807, 2.05) is 0 Å². The van der Waals surface area contributed by atoms with Crippen molar-refractivity contribution < 1.29 is 0 Å². The number of nitrogens with zero attached hydrogens (tertiary/aromatic N) is 1. The lowest BCUT2D eigenvalue weighted by atomic mass is 9.75. The molecule has 3 rings (SSSR count). The van der Waals surface area contributed by atoms with E-state index in [4.69, 9.17) is 0 Å². The summed E-state index contributed by atoms with van der Waals surface area (Å²) in [7, 11) is 0. The van der Waals surface area contributed by atoms with Crippen LogP contribution in [0.3, 0.4) is 0 Å². The summed E-state index contributed by atoms with van der Waals surface area (Å²) in [4.78, 5) is 2.71. The van der Waals surface area contributed by atoms with Crippen LogP contribution in [0.5, 0.6) is 0 Å². The van der Waals surface area contributed by atoms with Crippen molar-refractivity contribution >= 4 is 24.8 Å². The Labute approximate surface area is 135 Å². The predicted octanol–water partition coefficient (Wildman–Crippen LogP) is 3.59. The Kier molecular flexibility index (Phi) is 7.32. The Morgan fingerprint density at radius 1 is 1.10 bits per heavy atom. The van der Waals surface area contributed by atoms with Crippen LogP contribution < -0.4 is 5.32 Å². The molecule has 2 aliphatic rings. The Morgan fingerprint density at radius 3 is 2.30 bits per heavy atom. The average molecular weight is 317 g/mol. The third-order valence-corrected chi connectivity index (χ3v) is 4.65. The van der Waals surface area contributed by atoms with Gasteiger partial charge in [-0.1, -0.05) is 30.7 Å². The van der Waals surface area contributed by atoms with Crippen molar-refractivity contribution in [3.63, 3.8) is 0 Å². The van der Waals surface area contributed by atoms with Gasteiger partial charge in [0.15, 0.2) is 0 Å². The van der Waals surface area contributed by atoms with Gasteiger partial charge >= 0.3 is 0 Å². The fraction of sp³-hybridized carbons (Fsp3) is 0.625. The lowest BCUT2D eigenvalue weighted by molar-refractivity contribution is 0.0833. The minimum absolute atomic E-state index is 0. The second-order valence-electron chi connectivity index (χ2n) is 5.78. The fourth-order valence-electron chi connectivity index (χ4n) is 3.38. The van der Waals surface area contributed by atoms with Crippen LogP contribution in [-0.4, -0.2) is 31.1 Å². The molecule has 2 nitrogen and oxygen atoms in total. The van der Waals surface area contributed by atoms with Gasteiger partial charge in [0.2, 0.25) is 0 Å². The van der Waals surface area contributed by atoms with Crippen LogP contribution in [0.25, 0.3) is 0 Å². The summed E-state index contributed by atoms with van der Waals surface area (Å²) in [6.07, 6.45) is 4.27. The van der Waals surface area contributed by atoms with Gasteiger partial charge in [0.25, 0.3) is 0 Å². The molecule has 0 aromatic heterocycles. The summed E-state index contributed by atoms with van der Waals surface area (Å²) in [6, 6.07) is 9.65. The molecule has 0 amide bonds. The molecule has 1 saturated carbocycles. The number of benzene rings is 1. The smallest absolute Gasteiger partial charge is 0.0379 e. The second-order valence-corrected chi connectivity index (χ2v) is 5.78. The summed E-state index contributed by atoms with van der Waals surface area (Å²) in [6.45, 7) is 6.97. The van der Waals surface area contributed by atoms with Gasteiger partial charge < -0.3 is 5.32 Å². The zero-order valence-corrected chi connectivity index (χ0v) is 13.8. The van der Waals surface area contributed by atoms with Gasteiger partial charge in [0.1, 0.15) is 0 Å². The molecule has 1 heterocycles. The summed E-state index contributed by atoms with van der Waals surface area (Å²) in [5.41, 5.74) is 3.04. The molecule has 114 valence electrons. The molecule has 20 heavy (non-hydrogen) atoms. The van der Waals surface area contributed by atoms with E-state index in [0.29, 0.717) is 6.04 Å². The second kappa shape index (κ2) is 8.23. The average Bonchev–Trinajstić information content (AvgIpc) is 2.36. The van der Waals surface area contributed by atoms with Crippen LogP contribution in [-0.2, 0) is 0 Å². The van der Waals surface area contributed by atoms with E-state index in [1.54, 1.807) is 5.56 Å². The van der Waals surface area contributed by atoms with Gasteiger partial charge in [-0.25, -0.2) is 0 Å². The lowest BCUT2D eigenvalue weighted by Gasteiger charge is -2.43. The topological polar surface area (TPSA) is 15.3 Å². The number of aryl methyl sites for hydroxylation is 1. The number of hydrogen-bond donors (Lipinski definition) is 1. The van der Waals surface area contributed by atoms with E-state index in [-0.39, 0.29) is 24.8 Å². The maximum absolute atomic E-state index is 3.47. The molecule has 0 spiro atoms. The Hall–Kier alpha value is -0.280. The van der Waals surface area contributed by atoms with Gasteiger partial charge in [-0.3, -0.25) is 4.90 Å². The molecule has 0 radical (unpaired) electrons. The van der Waals surface area contributed by atoms with Crippen LogP contribution in [0, 0.1) is 12.8 Å². The summed E-state index contributed by atoms with van der Waals surface area (Å²) >= 11 is 0. The zero-order valence-electron chi connectivity index (χ0n) is 12.2. The van der Waals surface area contributed by atoms with Gasteiger partial charge in [0, 0.05) is 32.2 Å². The standard InChI is InChI=1S/C16H24N2.2ClH/c1-13-5-2-3-8-15(13)16(14-6-4-7-14)18-11-9-17-10-12-18;;/h2-3,5,8,14,16-17H,4,6-7,9-12H2,1H3;2*1H/t16-;;/m0../s1. The predicted molar refractivity (Wildman–Crippen MR) is 90.2 cm³/mol. The van der Waals surface area contributed by atoms with Gasteiger partial charge in [-0.05, 0) is 36.8 Å². The number of nitrogens with one attached hydrogen (secondary N) is 1. The van der Waals surface area contributed by atoms with Crippen LogP contribution in [0.1, 0.15) is 36.4 Å². The monoisotopic (exact) mass is 316 g/mol. The molecule has 1 atom stereocenters. The molecule has 1 aliphatic carbocycles. The van der Waals surface area contributed by atoms with E-state index in [0.717, 1.165) is 19.0 Å². The van der Waals surface area contributed by atoms with Crippen molar-refractivity contribution in [2.45, 2.75) is 32.2 Å². The number of rotatable bonds is 3. The first kappa shape index (κ1) is 17.8. The highest BCUT2D eigenvalue weighted by atomic mass is 35.5. The number of halogens is 2. The van der Waals surface area contributed by atoms with Gasteiger partial charge in [-0.2, -0.15) is 0 Å². The zero-order chi connectivity index (χ0) is 12.4. The highest BCUT2D eigenvalue weighted by molar-refractivity contribution is 5.85. The molecule has 1 N–H and O–H groups in total. The Balaban J connectivity index is 0.000001000. The van der Waals surface area contributed by atoms with Crippen LogP contribution in [0.15, 0.2) is 24.3 Å². The maximum Gasteiger partial charge on any atom is 0.0379 e. The minimum Gasteiger partial charge on any atom is -0.314 e. The van der Waals surface area contributed by atoms with Crippen LogP contribution in [0.4, 0.5) is 0 Å². The quantitative estimate of drug-likeness (QED) is 0.916. The fourth-order valence-corrected chi connectivity index (χ4v) is 3.38. The first-order valence-electron chi connectivity index (χ1n) is 7.36. The minimum atomic E-state index is 0. The first-order chi connectivity index (χ1) is 8.86. The Bertz CT molecular complexity index is 401. The van der Waals surface area contributed by atoms with Crippen molar-refractivity contribution in [3.8, 4) is 0 Å². The summed E-state index contributed by atoms with van der Waals surface area (Å²) < 4.78 is 0. The van der Waals surface area contributed by atoms with E-state index in [9.17, 15) is 0 Å².